The summed E-state index contributed by atoms with van der Waals surface area (Å²) >= 11 is 0. The van der Waals surface area contributed by atoms with Gasteiger partial charge in [-0.1, -0.05) is 0 Å². The molecule has 3 heterocycles. The van der Waals surface area contributed by atoms with E-state index < -0.39 is 0 Å². The predicted molar refractivity (Wildman–Crippen MR) is 73.9 cm³/mol. The molecule has 98 valence electrons. The summed E-state index contributed by atoms with van der Waals surface area (Å²) in [6, 6.07) is 2.10. The standard InChI is InChI=1S/C15H18N4/c1-2-10-5-9(1)12-6-19(7-13(10)12)15-11-3-4-16-14(11)17-8-18-15/h3-4,8-10,12-13H,1-2,5-7H2,(H,16,17,18)/t9-,10+,12-,13+. The van der Waals surface area contributed by atoms with Crippen LogP contribution in [-0.2, 0) is 0 Å². The van der Waals surface area contributed by atoms with Gasteiger partial charge in [-0.15, -0.1) is 0 Å². The Labute approximate surface area is 112 Å². The van der Waals surface area contributed by atoms with Crippen LogP contribution in [0.5, 0.6) is 0 Å². The van der Waals surface area contributed by atoms with E-state index in [2.05, 4.69) is 25.9 Å². The molecule has 0 amide bonds. The molecular formula is C15H18N4. The van der Waals surface area contributed by atoms with Gasteiger partial charge in [-0.2, -0.15) is 0 Å². The lowest BCUT2D eigenvalue weighted by atomic mass is 9.82. The van der Waals surface area contributed by atoms with Gasteiger partial charge in [0.05, 0.1) is 5.39 Å². The molecule has 19 heavy (non-hydrogen) atoms. The lowest BCUT2D eigenvalue weighted by Crippen LogP contribution is -2.23. The van der Waals surface area contributed by atoms with E-state index in [1.165, 1.54) is 37.7 Å². The number of aromatic amines is 1. The van der Waals surface area contributed by atoms with Crippen LogP contribution in [0.1, 0.15) is 19.3 Å². The first-order chi connectivity index (χ1) is 9.40. The molecule has 3 aliphatic rings. The molecule has 1 N–H and O–H groups in total. The maximum absolute atomic E-state index is 4.55. The van der Waals surface area contributed by atoms with Gasteiger partial charge in [0.1, 0.15) is 17.8 Å². The number of anilines is 1. The zero-order valence-electron chi connectivity index (χ0n) is 10.9. The van der Waals surface area contributed by atoms with Crippen LogP contribution in [0.2, 0.25) is 0 Å². The van der Waals surface area contributed by atoms with Crippen molar-refractivity contribution in [3.63, 3.8) is 0 Å². The largest absolute Gasteiger partial charge is 0.355 e. The molecule has 0 unspecified atom stereocenters. The maximum Gasteiger partial charge on any atom is 0.142 e. The summed E-state index contributed by atoms with van der Waals surface area (Å²) < 4.78 is 0. The van der Waals surface area contributed by atoms with Crippen LogP contribution in [0.25, 0.3) is 11.0 Å². The van der Waals surface area contributed by atoms with Crippen LogP contribution < -0.4 is 4.90 Å². The molecular weight excluding hydrogens is 236 g/mol. The summed E-state index contributed by atoms with van der Waals surface area (Å²) in [5.41, 5.74) is 0.963. The van der Waals surface area contributed by atoms with Crippen molar-refractivity contribution in [2.45, 2.75) is 19.3 Å². The summed E-state index contributed by atoms with van der Waals surface area (Å²) in [7, 11) is 0. The number of rotatable bonds is 1. The molecule has 2 bridgehead atoms. The molecule has 4 atom stereocenters. The number of nitrogens with zero attached hydrogens (tertiary/aromatic N) is 3. The smallest absolute Gasteiger partial charge is 0.142 e. The molecule has 0 spiro atoms. The Balaban J connectivity index is 1.53. The second-order valence-corrected chi connectivity index (χ2v) is 6.50. The van der Waals surface area contributed by atoms with Crippen molar-refractivity contribution in [2.75, 3.05) is 18.0 Å². The quantitative estimate of drug-likeness (QED) is 0.850. The third-order valence-corrected chi connectivity index (χ3v) is 5.77. The van der Waals surface area contributed by atoms with Crippen molar-refractivity contribution in [3.8, 4) is 0 Å². The predicted octanol–water partition coefficient (Wildman–Crippen LogP) is 2.44. The van der Waals surface area contributed by atoms with Gasteiger partial charge >= 0.3 is 0 Å². The van der Waals surface area contributed by atoms with Crippen LogP contribution in [0.15, 0.2) is 18.6 Å². The lowest BCUT2D eigenvalue weighted by molar-refractivity contribution is 0.281. The first-order valence-corrected chi connectivity index (χ1v) is 7.43. The minimum absolute atomic E-state index is 0.933. The Hall–Kier alpha value is -1.58. The van der Waals surface area contributed by atoms with Crippen LogP contribution in [-0.4, -0.2) is 28.0 Å². The topological polar surface area (TPSA) is 44.8 Å². The van der Waals surface area contributed by atoms with E-state index in [9.17, 15) is 0 Å². The molecule has 1 saturated heterocycles. The van der Waals surface area contributed by atoms with Crippen molar-refractivity contribution in [2.24, 2.45) is 23.7 Å². The average molecular weight is 254 g/mol. The second-order valence-electron chi connectivity index (χ2n) is 6.50. The van der Waals surface area contributed by atoms with Crippen molar-refractivity contribution >= 4 is 16.9 Å². The third kappa shape index (κ3) is 1.29. The minimum Gasteiger partial charge on any atom is -0.355 e. The molecule has 3 fully saturated rings. The van der Waals surface area contributed by atoms with E-state index in [0.29, 0.717) is 0 Å². The molecule has 2 aromatic heterocycles. The summed E-state index contributed by atoms with van der Waals surface area (Å²) in [5.74, 6) is 5.01. The molecule has 4 nitrogen and oxygen atoms in total. The fourth-order valence-corrected chi connectivity index (χ4v) is 4.97. The van der Waals surface area contributed by atoms with Crippen molar-refractivity contribution in [1.82, 2.24) is 15.0 Å². The Morgan fingerprint density at radius 2 is 1.89 bits per heavy atom. The number of hydrogen-bond donors (Lipinski definition) is 1. The first-order valence-electron chi connectivity index (χ1n) is 7.43. The molecule has 2 saturated carbocycles. The zero-order chi connectivity index (χ0) is 12.4. The zero-order valence-corrected chi connectivity index (χ0v) is 10.9. The highest BCUT2D eigenvalue weighted by Crippen LogP contribution is 2.55. The Morgan fingerprint density at radius 1 is 1.11 bits per heavy atom. The van der Waals surface area contributed by atoms with Crippen LogP contribution >= 0.6 is 0 Å². The van der Waals surface area contributed by atoms with Gasteiger partial charge in [-0.05, 0) is 49.0 Å². The molecule has 2 aliphatic carbocycles. The highest BCUT2D eigenvalue weighted by molar-refractivity contribution is 5.87. The fourth-order valence-electron chi connectivity index (χ4n) is 4.97. The van der Waals surface area contributed by atoms with Crippen molar-refractivity contribution in [1.29, 1.82) is 0 Å². The van der Waals surface area contributed by atoms with Crippen LogP contribution in [0, 0.1) is 23.7 Å². The Morgan fingerprint density at radius 3 is 2.68 bits per heavy atom. The molecule has 2 aromatic rings. The van der Waals surface area contributed by atoms with Gasteiger partial charge in [0.2, 0.25) is 0 Å². The molecule has 0 radical (unpaired) electrons. The van der Waals surface area contributed by atoms with E-state index in [0.717, 1.165) is 35.1 Å². The van der Waals surface area contributed by atoms with Gasteiger partial charge < -0.3 is 9.88 Å². The number of nitrogens with one attached hydrogen (secondary N) is 1. The summed E-state index contributed by atoms with van der Waals surface area (Å²) in [5, 5.41) is 1.18. The monoisotopic (exact) mass is 254 g/mol. The summed E-state index contributed by atoms with van der Waals surface area (Å²) in [6.45, 7) is 2.42. The van der Waals surface area contributed by atoms with E-state index in [1.54, 1.807) is 6.33 Å². The summed E-state index contributed by atoms with van der Waals surface area (Å²) in [4.78, 5) is 14.5. The number of hydrogen-bond acceptors (Lipinski definition) is 3. The van der Waals surface area contributed by atoms with E-state index in [1.807, 2.05) is 6.20 Å². The first kappa shape index (κ1) is 10.2. The lowest BCUT2D eigenvalue weighted by Gasteiger charge is -2.22. The maximum atomic E-state index is 4.55. The average Bonchev–Trinajstić information content (AvgIpc) is 3.18. The Kier molecular flexibility index (Phi) is 1.88. The fraction of sp³-hybridized carbons (Fsp3) is 0.600. The second kappa shape index (κ2) is 3.50. The van der Waals surface area contributed by atoms with Crippen molar-refractivity contribution < 1.29 is 0 Å². The number of aromatic nitrogens is 3. The minimum atomic E-state index is 0.933. The van der Waals surface area contributed by atoms with E-state index in [4.69, 9.17) is 0 Å². The SMILES string of the molecule is c1nc(N2C[C@@H]3[C@@H]4CC[C@@H](C4)[C@@H]3C2)c2cc[nH]c2n1. The highest BCUT2D eigenvalue weighted by atomic mass is 15.2. The van der Waals surface area contributed by atoms with Gasteiger partial charge in [-0.3, -0.25) is 0 Å². The van der Waals surface area contributed by atoms with Gasteiger partial charge in [-0.25, -0.2) is 9.97 Å². The third-order valence-electron chi connectivity index (χ3n) is 5.77. The van der Waals surface area contributed by atoms with E-state index >= 15 is 0 Å². The highest BCUT2D eigenvalue weighted by Gasteiger charge is 2.51. The number of fused-ring (bicyclic) bond motifs is 6. The number of H-pyrrole nitrogens is 1. The summed E-state index contributed by atoms with van der Waals surface area (Å²) in [6.07, 6.45) is 8.11. The normalized spacial score (nSPS) is 36.3. The molecule has 0 aromatic carbocycles. The van der Waals surface area contributed by atoms with E-state index in [-0.39, 0.29) is 0 Å². The molecule has 4 heteroatoms. The van der Waals surface area contributed by atoms with Gasteiger partial charge in [0.15, 0.2) is 0 Å². The molecule has 1 aliphatic heterocycles. The van der Waals surface area contributed by atoms with Crippen LogP contribution in [0.4, 0.5) is 5.82 Å². The van der Waals surface area contributed by atoms with Gasteiger partial charge in [0.25, 0.3) is 0 Å². The van der Waals surface area contributed by atoms with Crippen LogP contribution in [0.3, 0.4) is 0 Å². The van der Waals surface area contributed by atoms with Gasteiger partial charge in [0, 0.05) is 19.3 Å². The Bertz CT molecular complexity index is 616. The molecule has 5 rings (SSSR count). The van der Waals surface area contributed by atoms with Crippen molar-refractivity contribution in [3.05, 3.63) is 18.6 Å².